The lowest BCUT2D eigenvalue weighted by molar-refractivity contribution is -0.753. The predicted molar refractivity (Wildman–Crippen MR) is 58.5 cm³/mol. The standard InChI is InChI=1S/C8H12N4O3S/c1-6(13)16-5-7(14)9-8-4-12(10-15-8)11(2)3/h4H,5H2,1-3H3/p+1. The normalized spacial score (nSPS) is 9.94. The minimum absolute atomic E-state index is 0.0675. The van der Waals surface area contributed by atoms with Crippen molar-refractivity contribution in [3.8, 4) is 0 Å². The average Bonchev–Trinajstić information content (AvgIpc) is 2.63. The van der Waals surface area contributed by atoms with Gasteiger partial charge in [-0.1, -0.05) is 11.8 Å². The zero-order chi connectivity index (χ0) is 12.1. The molecule has 0 saturated heterocycles. The second-order valence-electron chi connectivity index (χ2n) is 3.16. The van der Waals surface area contributed by atoms with Gasteiger partial charge in [0.25, 0.3) is 6.20 Å². The molecule has 7 nitrogen and oxygen atoms in total. The Morgan fingerprint density at radius 2 is 2.31 bits per heavy atom. The van der Waals surface area contributed by atoms with Crippen molar-refractivity contribution in [2.75, 3.05) is 30.2 Å². The molecule has 0 aromatic carbocycles. The van der Waals surface area contributed by atoms with Gasteiger partial charge in [0.1, 0.15) is 0 Å². The smallest absolute Gasteiger partial charge is 0.288 e. The zero-order valence-electron chi connectivity index (χ0n) is 9.26. The van der Waals surface area contributed by atoms with E-state index in [1.54, 1.807) is 19.1 Å². The van der Waals surface area contributed by atoms with Crippen molar-refractivity contribution in [2.24, 2.45) is 0 Å². The molecular weight excluding hydrogens is 232 g/mol. The molecule has 1 N–H and O–H groups in total. The molecule has 8 heteroatoms. The van der Waals surface area contributed by atoms with E-state index in [-0.39, 0.29) is 22.7 Å². The van der Waals surface area contributed by atoms with Gasteiger partial charge in [0.05, 0.1) is 24.6 Å². The van der Waals surface area contributed by atoms with E-state index in [1.807, 2.05) is 0 Å². The summed E-state index contributed by atoms with van der Waals surface area (Å²) in [6.45, 7) is 1.41. The van der Waals surface area contributed by atoms with Gasteiger partial charge in [0.15, 0.2) is 5.12 Å². The molecule has 1 aromatic rings. The van der Waals surface area contributed by atoms with E-state index in [4.69, 9.17) is 4.52 Å². The van der Waals surface area contributed by atoms with E-state index >= 15 is 0 Å². The van der Waals surface area contributed by atoms with Crippen molar-refractivity contribution in [3.05, 3.63) is 6.20 Å². The summed E-state index contributed by atoms with van der Waals surface area (Å²) in [6.07, 6.45) is 1.52. The molecule has 0 saturated carbocycles. The molecule has 0 unspecified atom stereocenters. The number of carbonyl (C=O) groups excluding carboxylic acids is 2. The lowest BCUT2D eigenvalue weighted by Crippen LogP contribution is -2.53. The number of carbonyl (C=O) groups is 2. The van der Waals surface area contributed by atoms with Crippen LogP contribution in [-0.2, 0) is 9.59 Å². The van der Waals surface area contributed by atoms with Crippen LogP contribution in [0.2, 0.25) is 0 Å². The Morgan fingerprint density at radius 3 is 2.81 bits per heavy atom. The van der Waals surface area contributed by atoms with Gasteiger partial charge in [-0.3, -0.25) is 19.4 Å². The number of amides is 1. The Morgan fingerprint density at radius 1 is 1.62 bits per heavy atom. The number of hydrogen-bond donors (Lipinski definition) is 1. The maximum absolute atomic E-state index is 11.3. The molecule has 0 atom stereocenters. The van der Waals surface area contributed by atoms with Gasteiger partial charge in [-0.15, -0.1) is 0 Å². The number of nitrogens with zero attached hydrogens (tertiary/aromatic N) is 3. The molecule has 1 aromatic heterocycles. The predicted octanol–water partition coefficient (Wildman–Crippen LogP) is -0.622. The van der Waals surface area contributed by atoms with Gasteiger partial charge in [0, 0.05) is 6.92 Å². The third kappa shape index (κ3) is 3.89. The van der Waals surface area contributed by atoms with Crippen LogP contribution in [0, 0.1) is 0 Å². The molecule has 0 fully saturated rings. The van der Waals surface area contributed by atoms with Gasteiger partial charge in [-0.2, -0.15) is 5.01 Å². The van der Waals surface area contributed by atoms with Crippen LogP contribution in [0.25, 0.3) is 0 Å². The summed E-state index contributed by atoms with van der Waals surface area (Å²) in [4.78, 5) is 23.4. The van der Waals surface area contributed by atoms with E-state index in [1.165, 1.54) is 17.9 Å². The molecule has 88 valence electrons. The van der Waals surface area contributed by atoms with E-state index in [0.29, 0.717) is 0 Å². The summed E-state index contributed by atoms with van der Waals surface area (Å²) in [5.74, 6) is 0.00274. The van der Waals surface area contributed by atoms with E-state index in [0.717, 1.165) is 11.8 Å². The minimum atomic E-state index is -0.303. The van der Waals surface area contributed by atoms with Crippen LogP contribution in [0.3, 0.4) is 0 Å². The first-order chi connectivity index (χ1) is 7.49. The van der Waals surface area contributed by atoms with Gasteiger partial charge in [-0.05, 0) is 0 Å². The lowest BCUT2D eigenvalue weighted by atomic mass is 10.6. The van der Waals surface area contributed by atoms with Crippen molar-refractivity contribution in [1.29, 1.82) is 0 Å². The Balaban J connectivity index is 2.46. The number of aromatic nitrogens is 2. The van der Waals surface area contributed by atoms with Crippen molar-refractivity contribution in [3.63, 3.8) is 0 Å². The molecule has 0 radical (unpaired) electrons. The summed E-state index contributed by atoms with van der Waals surface area (Å²) in [7, 11) is 3.56. The van der Waals surface area contributed by atoms with Crippen molar-refractivity contribution >= 4 is 28.7 Å². The minimum Gasteiger partial charge on any atom is -0.288 e. The fourth-order valence-corrected chi connectivity index (χ4v) is 1.23. The van der Waals surface area contributed by atoms with Gasteiger partial charge in [0.2, 0.25) is 11.2 Å². The highest BCUT2D eigenvalue weighted by Crippen LogP contribution is 2.04. The Labute approximate surface area is 96.7 Å². The van der Waals surface area contributed by atoms with Crippen LogP contribution < -0.4 is 15.1 Å². The Kier molecular flexibility index (Phi) is 4.29. The molecular formula is C8H13N4O3S+. The molecule has 0 aliphatic carbocycles. The topological polar surface area (TPSA) is 79.3 Å². The summed E-state index contributed by atoms with van der Waals surface area (Å²) < 4.78 is 4.85. The quantitative estimate of drug-likeness (QED) is 0.712. The van der Waals surface area contributed by atoms with Crippen LogP contribution in [0.15, 0.2) is 10.7 Å². The van der Waals surface area contributed by atoms with Crippen LogP contribution in [0.4, 0.5) is 5.88 Å². The van der Waals surface area contributed by atoms with Gasteiger partial charge < -0.3 is 0 Å². The van der Waals surface area contributed by atoms with E-state index < -0.39 is 0 Å². The zero-order valence-corrected chi connectivity index (χ0v) is 10.1. The molecule has 0 aliphatic heterocycles. The van der Waals surface area contributed by atoms with Crippen molar-refractivity contribution in [2.45, 2.75) is 6.92 Å². The monoisotopic (exact) mass is 245 g/mol. The number of thioether (sulfide) groups is 1. The first-order valence-electron chi connectivity index (χ1n) is 4.48. The fourth-order valence-electron chi connectivity index (χ4n) is 0.822. The van der Waals surface area contributed by atoms with E-state index in [9.17, 15) is 9.59 Å². The van der Waals surface area contributed by atoms with Crippen LogP contribution >= 0.6 is 11.8 Å². The first-order valence-corrected chi connectivity index (χ1v) is 5.47. The van der Waals surface area contributed by atoms with Crippen molar-refractivity contribution < 1.29 is 18.9 Å². The molecule has 0 spiro atoms. The van der Waals surface area contributed by atoms with E-state index in [2.05, 4.69) is 10.6 Å². The first kappa shape index (κ1) is 12.5. The fraction of sp³-hybridized carbons (Fsp3) is 0.500. The largest absolute Gasteiger partial charge is 0.305 e. The molecule has 0 aliphatic rings. The Hall–Kier alpha value is -1.57. The maximum Gasteiger partial charge on any atom is 0.305 e. The highest BCUT2D eigenvalue weighted by atomic mass is 32.2. The third-order valence-electron chi connectivity index (χ3n) is 1.53. The van der Waals surface area contributed by atoms with Crippen molar-refractivity contribution in [1.82, 2.24) is 5.27 Å². The summed E-state index contributed by atoms with van der Waals surface area (Å²) in [5.41, 5.74) is 0. The third-order valence-corrected chi connectivity index (χ3v) is 2.35. The van der Waals surface area contributed by atoms with Gasteiger partial charge in [-0.25, -0.2) is 0 Å². The number of anilines is 1. The second-order valence-corrected chi connectivity index (χ2v) is 4.31. The molecule has 1 amide bonds. The summed E-state index contributed by atoms with van der Waals surface area (Å²) in [5, 5.41) is 7.70. The molecule has 1 heterocycles. The van der Waals surface area contributed by atoms with Crippen LogP contribution in [-0.4, -0.2) is 36.1 Å². The molecule has 0 bridgehead atoms. The second kappa shape index (κ2) is 5.50. The molecule has 1 rings (SSSR count). The highest BCUT2D eigenvalue weighted by molar-refractivity contribution is 8.14. The average molecular weight is 245 g/mol. The summed E-state index contributed by atoms with van der Waals surface area (Å²) in [6, 6.07) is 0. The SMILES string of the molecule is CC(=O)SCC(=O)Nc1c[n+](N(C)C)no1. The number of hydrogen-bond acceptors (Lipinski definition) is 6. The highest BCUT2D eigenvalue weighted by Gasteiger charge is 2.15. The maximum atomic E-state index is 11.3. The number of nitrogens with one attached hydrogen (secondary N) is 1. The Bertz CT molecular complexity index is 390. The van der Waals surface area contributed by atoms with Crippen LogP contribution in [0.5, 0.6) is 0 Å². The van der Waals surface area contributed by atoms with Gasteiger partial charge >= 0.3 is 5.88 Å². The summed E-state index contributed by atoms with van der Waals surface area (Å²) >= 11 is 0.941. The lowest BCUT2D eigenvalue weighted by Gasteiger charge is -1.96. The molecule has 16 heavy (non-hydrogen) atoms. The van der Waals surface area contributed by atoms with Crippen LogP contribution in [0.1, 0.15) is 6.92 Å². The number of rotatable bonds is 4.